The van der Waals surface area contributed by atoms with E-state index in [2.05, 4.69) is 4.98 Å². The van der Waals surface area contributed by atoms with Gasteiger partial charge in [-0.05, 0) is 48.4 Å². The first-order valence-electron chi connectivity index (χ1n) is 9.71. The fourth-order valence-corrected chi connectivity index (χ4v) is 3.83. The lowest BCUT2D eigenvalue weighted by molar-refractivity contribution is -0.139. The highest BCUT2D eigenvalue weighted by Crippen LogP contribution is 2.39. The van der Waals surface area contributed by atoms with Crippen LogP contribution >= 0.6 is 11.6 Å². The Hall–Kier alpha value is -3.45. The molecule has 0 spiro atoms. The predicted molar refractivity (Wildman–Crippen MR) is 114 cm³/mol. The monoisotopic (exact) mass is 439 g/mol. The highest BCUT2D eigenvalue weighted by molar-refractivity contribution is 6.46. The number of likely N-dealkylation sites (tertiary alicyclic amines) is 1. The Morgan fingerprint density at radius 1 is 1.06 bits per heavy atom. The maximum absolute atomic E-state index is 13.5. The van der Waals surface area contributed by atoms with Gasteiger partial charge < -0.3 is 14.6 Å². The van der Waals surface area contributed by atoms with Crippen LogP contribution in [0.4, 0.5) is 4.39 Å². The summed E-state index contributed by atoms with van der Waals surface area (Å²) in [6.45, 7) is 0.887. The smallest absolute Gasteiger partial charge is 0.295 e. The standard InChI is InChI=1S/C23H19ClFN3O3/c24-17-6-2-16(3-7-17)21(29)19-20(15-4-8-18(25)9-5-15)28(23(31)22(19)30)12-1-11-27-13-10-26-14-27/h2-10,13-14,20,29H,1,11-12H2/b21-19+. The highest BCUT2D eigenvalue weighted by Gasteiger charge is 2.45. The van der Waals surface area contributed by atoms with E-state index in [0.29, 0.717) is 29.1 Å². The molecule has 1 saturated heterocycles. The van der Waals surface area contributed by atoms with E-state index in [4.69, 9.17) is 11.6 Å². The molecule has 1 aromatic heterocycles. The Labute approximate surface area is 183 Å². The van der Waals surface area contributed by atoms with Crippen LogP contribution in [0.25, 0.3) is 5.76 Å². The number of aliphatic hydroxyl groups is 1. The fourth-order valence-electron chi connectivity index (χ4n) is 3.71. The van der Waals surface area contributed by atoms with Gasteiger partial charge in [-0.25, -0.2) is 9.37 Å². The number of imidazole rings is 1. The summed E-state index contributed by atoms with van der Waals surface area (Å²) in [5, 5.41) is 11.4. The van der Waals surface area contributed by atoms with Crippen LogP contribution in [0.15, 0.2) is 72.8 Å². The summed E-state index contributed by atoms with van der Waals surface area (Å²) in [6.07, 6.45) is 5.72. The van der Waals surface area contributed by atoms with Crippen LogP contribution in [-0.4, -0.2) is 37.8 Å². The van der Waals surface area contributed by atoms with E-state index in [1.165, 1.54) is 29.2 Å². The van der Waals surface area contributed by atoms with Crippen LogP contribution in [-0.2, 0) is 16.1 Å². The first-order valence-corrected chi connectivity index (χ1v) is 10.1. The average molecular weight is 440 g/mol. The lowest BCUT2D eigenvalue weighted by atomic mass is 9.95. The van der Waals surface area contributed by atoms with Crippen molar-refractivity contribution >= 4 is 29.1 Å². The van der Waals surface area contributed by atoms with Gasteiger partial charge in [-0.15, -0.1) is 0 Å². The SMILES string of the molecule is O=C1C(=O)N(CCCn2ccnc2)C(c2ccc(F)cc2)/C1=C(\O)c1ccc(Cl)cc1. The molecule has 0 bridgehead atoms. The zero-order valence-corrected chi connectivity index (χ0v) is 17.2. The Morgan fingerprint density at radius 2 is 1.77 bits per heavy atom. The van der Waals surface area contributed by atoms with Gasteiger partial charge in [-0.3, -0.25) is 9.59 Å². The van der Waals surface area contributed by atoms with Gasteiger partial charge in [0.15, 0.2) is 0 Å². The number of carbonyl (C=O) groups excluding carboxylic acids is 2. The van der Waals surface area contributed by atoms with E-state index < -0.39 is 23.5 Å². The topological polar surface area (TPSA) is 75.4 Å². The summed E-state index contributed by atoms with van der Waals surface area (Å²) in [6, 6.07) is 11.1. The summed E-state index contributed by atoms with van der Waals surface area (Å²) < 4.78 is 15.4. The zero-order chi connectivity index (χ0) is 22.0. The highest BCUT2D eigenvalue weighted by atomic mass is 35.5. The molecule has 1 amide bonds. The third-order valence-electron chi connectivity index (χ3n) is 5.22. The maximum Gasteiger partial charge on any atom is 0.295 e. The number of aromatic nitrogens is 2. The molecule has 1 aliphatic rings. The second kappa shape index (κ2) is 8.73. The first-order chi connectivity index (χ1) is 15.0. The Balaban J connectivity index is 1.72. The van der Waals surface area contributed by atoms with Crippen molar-refractivity contribution in [1.29, 1.82) is 0 Å². The van der Waals surface area contributed by atoms with Gasteiger partial charge in [0.25, 0.3) is 11.7 Å². The number of halogens is 2. The number of hydrogen-bond donors (Lipinski definition) is 1. The van der Waals surface area contributed by atoms with E-state index in [0.717, 1.165) is 0 Å². The van der Waals surface area contributed by atoms with Crippen LogP contribution in [0.5, 0.6) is 0 Å². The number of Topliss-reactive ketones (excluding diaryl/α,β-unsaturated/α-hetero) is 1. The van der Waals surface area contributed by atoms with E-state index in [1.54, 1.807) is 36.8 Å². The quantitative estimate of drug-likeness (QED) is 0.355. The second-order valence-electron chi connectivity index (χ2n) is 7.20. The summed E-state index contributed by atoms with van der Waals surface area (Å²) in [5.74, 6) is -2.19. The van der Waals surface area contributed by atoms with Crippen molar-refractivity contribution in [3.8, 4) is 0 Å². The fraction of sp³-hybridized carbons (Fsp3) is 0.174. The molecule has 0 radical (unpaired) electrons. The molecule has 31 heavy (non-hydrogen) atoms. The van der Waals surface area contributed by atoms with Gasteiger partial charge in [-0.1, -0.05) is 23.7 Å². The number of carbonyl (C=O) groups is 2. The molecule has 2 aromatic carbocycles. The van der Waals surface area contributed by atoms with Crippen molar-refractivity contribution in [2.45, 2.75) is 19.0 Å². The van der Waals surface area contributed by atoms with Crippen LogP contribution < -0.4 is 0 Å². The molecule has 158 valence electrons. The Bertz CT molecular complexity index is 1130. The molecule has 4 rings (SSSR count). The molecule has 1 unspecified atom stereocenters. The van der Waals surface area contributed by atoms with E-state index in [1.807, 2.05) is 10.8 Å². The third kappa shape index (κ3) is 4.22. The molecule has 3 aromatic rings. The minimum atomic E-state index is -0.820. The minimum absolute atomic E-state index is 0.0263. The van der Waals surface area contributed by atoms with Gasteiger partial charge in [0, 0.05) is 36.1 Å². The molecule has 0 saturated carbocycles. The Kier molecular flexibility index (Phi) is 5.86. The lowest BCUT2D eigenvalue weighted by Crippen LogP contribution is -2.31. The lowest BCUT2D eigenvalue weighted by Gasteiger charge is -2.25. The molecule has 6 nitrogen and oxygen atoms in total. The van der Waals surface area contributed by atoms with E-state index >= 15 is 0 Å². The second-order valence-corrected chi connectivity index (χ2v) is 7.64. The van der Waals surface area contributed by atoms with E-state index in [9.17, 15) is 19.1 Å². The van der Waals surface area contributed by atoms with Crippen LogP contribution in [0, 0.1) is 5.82 Å². The normalized spacial score (nSPS) is 18.0. The van der Waals surface area contributed by atoms with Crippen molar-refractivity contribution in [1.82, 2.24) is 14.5 Å². The predicted octanol–water partition coefficient (Wildman–Crippen LogP) is 4.19. The summed E-state index contributed by atoms with van der Waals surface area (Å²) >= 11 is 5.92. The average Bonchev–Trinajstić information content (AvgIpc) is 3.37. The van der Waals surface area contributed by atoms with Crippen LogP contribution in [0.2, 0.25) is 5.02 Å². The number of hydrogen-bond acceptors (Lipinski definition) is 4. The molecule has 1 fully saturated rings. The van der Waals surface area contributed by atoms with Gasteiger partial charge >= 0.3 is 0 Å². The number of benzene rings is 2. The molecule has 8 heteroatoms. The summed E-state index contributed by atoms with van der Waals surface area (Å²) in [4.78, 5) is 31.2. The van der Waals surface area contributed by atoms with E-state index in [-0.39, 0.29) is 17.9 Å². The van der Waals surface area contributed by atoms with Gasteiger partial charge in [-0.2, -0.15) is 0 Å². The van der Waals surface area contributed by atoms with Crippen LogP contribution in [0.3, 0.4) is 0 Å². The molecular weight excluding hydrogens is 421 g/mol. The van der Waals surface area contributed by atoms with Crippen LogP contribution in [0.1, 0.15) is 23.6 Å². The van der Waals surface area contributed by atoms with Crippen molar-refractivity contribution in [3.63, 3.8) is 0 Å². The number of aryl methyl sites for hydroxylation is 1. The van der Waals surface area contributed by atoms with Crippen molar-refractivity contribution in [2.24, 2.45) is 0 Å². The third-order valence-corrected chi connectivity index (χ3v) is 5.47. The van der Waals surface area contributed by atoms with Crippen molar-refractivity contribution < 1.29 is 19.1 Å². The van der Waals surface area contributed by atoms with Crippen molar-refractivity contribution in [2.75, 3.05) is 6.54 Å². The molecule has 1 N–H and O–H groups in total. The molecular formula is C23H19ClFN3O3. The largest absolute Gasteiger partial charge is 0.507 e. The molecule has 1 atom stereocenters. The Morgan fingerprint density at radius 3 is 2.42 bits per heavy atom. The number of amides is 1. The maximum atomic E-state index is 13.5. The summed E-state index contributed by atoms with van der Waals surface area (Å²) in [7, 11) is 0. The number of rotatable bonds is 6. The summed E-state index contributed by atoms with van der Waals surface area (Å²) in [5.41, 5.74) is 0.883. The molecule has 1 aliphatic heterocycles. The van der Waals surface area contributed by atoms with Crippen molar-refractivity contribution in [3.05, 3.63) is 94.8 Å². The minimum Gasteiger partial charge on any atom is -0.507 e. The zero-order valence-electron chi connectivity index (χ0n) is 16.4. The van der Waals surface area contributed by atoms with Gasteiger partial charge in [0.1, 0.15) is 11.6 Å². The number of ketones is 1. The van der Waals surface area contributed by atoms with Gasteiger partial charge in [0.05, 0.1) is 17.9 Å². The molecule has 2 heterocycles. The number of aliphatic hydroxyl groups excluding tert-OH is 1. The number of nitrogens with zero attached hydrogens (tertiary/aromatic N) is 3. The first kappa shape index (κ1) is 20.8. The molecule has 0 aliphatic carbocycles. The van der Waals surface area contributed by atoms with Gasteiger partial charge in [0.2, 0.25) is 0 Å².